The lowest BCUT2D eigenvalue weighted by Gasteiger charge is -2.17. The molecule has 0 saturated heterocycles. The third-order valence-corrected chi connectivity index (χ3v) is 2.81. The Balaban J connectivity index is 2.25. The predicted octanol–water partition coefficient (Wildman–Crippen LogP) is 2.39. The Hall–Kier alpha value is -1.63. The van der Waals surface area contributed by atoms with E-state index in [9.17, 15) is 13.2 Å². The molecule has 2 aromatic rings. The number of aryl methyl sites for hydroxylation is 2. The largest absolute Gasteiger partial charge is 0.403 e. The highest BCUT2D eigenvalue weighted by molar-refractivity contribution is 5.45. The first kappa shape index (κ1) is 13.8. The third-order valence-electron chi connectivity index (χ3n) is 2.81. The lowest BCUT2D eigenvalue weighted by Crippen LogP contribution is -2.39. The van der Waals surface area contributed by atoms with Crippen molar-refractivity contribution in [2.75, 3.05) is 0 Å². The smallest absolute Gasteiger partial charge is 0.303 e. The monoisotopic (exact) mass is 272 g/mol. The number of rotatable bonds is 3. The predicted molar refractivity (Wildman–Crippen MR) is 64.8 cm³/mol. The molecule has 1 unspecified atom stereocenters. The van der Waals surface area contributed by atoms with Gasteiger partial charge in [0.05, 0.1) is 17.1 Å². The molecule has 0 radical (unpaired) electrons. The van der Waals surface area contributed by atoms with Crippen LogP contribution in [-0.2, 0) is 6.54 Å². The molecule has 0 fully saturated rings. The Labute approximate surface area is 108 Å². The van der Waals surface area contributed by atoms with Crippen LogP contribution in [0.4, 0.5) is 13.2 Å². The van der Waals surface area contributed by atoms with Crippen molar-refractivity contribution in [3.05, 3.63) is 29.5 Å². The Morgan fingerprint density at radius 1 is 1.21 bits per heavy atom. The summed E-state index contributed by atoms with van der Waals surface area (Å²) in [6, 6.07) is -1.58. The quantitative estimate of drug-likeness (QED) is 0.932. The summed E-state index contributed by atoms with van der Waals surface area (Å²) in [7, 11) is 0. The Bertz CT molecular complexity index is 588. The van der Waals surface area contributed by atoms with Gasteiger partial charge in [0.15, 0.2) is 5.65 Å². The molecule has 0 amide bonds. The van der Waals surface area contributed by atoms with Crippen LogP contribution in [0.5, 0.6) is 0 Å². The van der Waals surface area contributed by atoms with E-state index < -0.39 is 12.2 Å². The van der Waals surface area contributed by atoms with Crippen molar-refractivity contribution >= 4 is 5.65 Å². The number of aromatic nitrogens is 3. The number of fused-ring (bicyclic) bond motifs is 1. The van der Waals surface area contributed by atoms with Gasteiger partial charge in [0.1, 0.15) is 6.04 Å². The van der Waals surface area contributed by atoms with Crippen LogP contribution in [0.1, 0.15) is 24.0 Å². The summed E-state index contributed by atoms with van der Waals surface area (Å²) < 4.78 is 39.1. The molecule has 1 N–H and O–H groups in total. The fourth-order valence-electron chi connectivity index (χ4n) is 1.81. The van der Waals surface area contributed by atoms with E-state index in [1.54, 1.807) is 17.5 Å². The third kappa shape index (κ3) is 3.04. The number of halogens is 3. The highest BCUT2D eigenvalue weighted by Crippen LogP contribution is 2.20. The molecular weight excluding hydrogens is 257 g/mol. The Kier molecular flexibility index (Phi) is 3.49. The number of hydrogen-bond acceptors (Lipinski definition) is 3. The lowest BCUT2D eigenvalue weighted by molar-refractivity contribution is -0.151. The summed E-state index contributed by atoms with van der Waals surface area (Å²) in [4.78, 5) is 8.53. The average molecular weight is 272 g/mol. The van der Waals surface area contributed by atoms with E-state index in [1.807, 2.05) is 13.1 Å². The van der Waals surface area contributed by atoms with Crippen LogP contribution >= 0.6 is 0 Å². The second-order valence-electron chi connectivity index (χ2n) is 4.59. The van der Waals surface area contributed by atoms with Crippen LogP contribution in [0.2, 0.25) is 0 Å². The van der Waals surface area contributed by atoms with E-state index in [4.69, 9.17) is 0 Å². The molecular formula is C12H15F3N4. The van der Waals surface area contributed by atoms with E-state index in [0.717, 1.165) is 18.3 Å². The molecule has 2 rings (SSSR count). The van der Waals surface area contributed by atoms with Crippen LogP contribution in [-0.4, -0.2) is 26.6 Å². The van der Waals surface area contributed by atoms with Crippen LogP contribution in [0.25, 0.3) is 5.65 Å². The average Bonchev–Trinajstić information content (AvgIpc) is 2.64. The molecule has 0 aliphatic heterocycles. The maximum absolute atomic E-state index is 12.4. The molecule has 0 bridgehead atoms. The highest BCUT2D eigenvalue weighted by atomic mass is 19.4. The minimum absolute atomic E-state index is 0.0301. The fraction of sp³-hybridized carbons (Fsp3) is 0.500. The Morgan fingerprint density at radius 2 is 1.79 bits per heavy atom. The van der Waals surface area contributed by atoms with Gasteiger partial charge in [-0.25, -0.2) is 4.98 Å². The number of nitrogens with zero attached hydrogens (tertiary/aromatic N) is 3. The molecule has 0 aliphatic carbocycles. The number of hydrogen-bond donors (Lipinski definition) is 1. The van der Waals surface area contributed by atoms with Crippen molar-refractivity contribution in [2.24, 2.45) is 0 Å². The number of imidazole rings is 1. The van der Waals surface area contributed by atoms with Gasteiger partial charge in [0.2, 0.25) is 0 Å². The summed E-state index contributed by atoms with van der Waals surface area (Å²) in [5.74, 6) is 0. The number of alkyl halides is 3. The van der Waals surface area contributed by atoms with E-state index in [1.165, 1.54) is 0 Å². The fourth-order valence-corrected chi connectivity index (χ4v) is 1.81. The van der Waals surface area contributed by atoms with Crippen molar-refractivity contribution < 1.29 is 13.2 Å². The second kappa shape index (κ2) is 4.80. The zero-order valence-corrected chi connectivity index (χ0v) is 10.9. The lowest BCUT2D eigenvalue weighted by atomic mass is 10.3. The highest BCUT2D eigenvalue weighted by Gasteiger charge is 2.35. The van der Waals surface area contributed by atoms with E-state index in [0.29, 0.717) is 11.3 Å². The van der Waals surface area contributed by atoms with Crippen molar-refractivity contribution in [2.45, 2.75) is 39.5 Å². The summed E-state index contributed by atoms with van der Waals surface area (Å²) in [5.41, 5.74) is 2.65. The molecule has 2 heterocycles. The van der Waals surface area contributed by atoms with Gasteiger partial charge >= 0.3 is 6.18 Å². The first-order valence-electron chi connectivity index (χ1n) is 5.89. The maximum Gasteiger partial charge on any atom is 0.403 e. The van der Waals surface area contributed by atoms with Crippen molar-refractivity contribution in [3.63, 3.8) is 0 Å². The van der Waals surface area contributed by atoms with Crippen LogP contribution < -0.4 is 5.32 Å². The molecule has 104 valence electrons. The van der Waals surface area contributed by atoms with Crippen LogP contribution in [0.3, 0.4) is 0 Å². The topological polar surface area (TPSA) is 42.2 Å². The first-order valence-corrected chi connectivity index (χ1v) is 5.89. The molecule has 1 atom stereocenters. The van der Waals surface area contributed by atoms with Gasteiger partial charge in [-0.1, -0.05) is 0 Å². The van der Waals surface area contributed by atoms with Crippen LogP contribution in [0, 0.1) is 13.8 Å². The molecule has 0 saturated carbocycles. The second-order valence-corrected chi connectivity index (χ2v) is 4.59. The zero-order chi connectivity index (χ0) is 14.2. The SMILES string of the molecule is Cc1cn2cc(C)nc2c(CNC(C)C(F)(F)F)n1. The molecule has 0 aliphatic rings. The molecule has 2 aromatic heterocycles. The summed E-state index contributed by atoms with van der Waals surface area (Å²) in [5, 5.41) is 2.43. The van der Waals surface area contributed by atoms with Gasteiger partial charge in [0.25, 0.3) is 0 Å². The number of nitrogens with one attached hydrogen (secondary N) is 1. The van der Waals surface area contributed by atoms with Crippen LogP contribution in [0.15, 0.2) is 12.4 Å². The summed E-state index contributed by atoms with van der Waals surface area (Å²) >= 11 is 0. The van der Waals surface area contributed by atoms with E-state index in [-0.39, 0.29) is 6.54 Å². The summed E-state index contributed by atoms with van der Waals surface area (Å²) in [6.07, 6.45) is -0.641. The molecule has 0 spiro atoms. The van der Waals surface area contributed by atoms with Gasteiger partial charge in [-0.2, -0.15) is 13.2 Å². The van der Waals surface area contributed by atoms with Gasteiger partial charge < -0.3 is 9.72 Å². The van der Waals surface area contributed by atoms with Crippen molar-refractivity contribution in [3.8, 4) is 0 Å². The Morgan fingerprint density at radius 3 is 2.37 bits per heavy atom. The van der Waals surface area contributed by atoms with E-state index in [2.05, 4.69) is 15.3 Å². The maximum atomic E-state index is 12.4. The molecule has 7 heteroatoms. The minimum atomic E-state index is -4.26. The van der Waals surface area contributed by atoms with Gasteiger partial charge in [-0.15, -0.1) is 0 Å². The molecule has 4 nitrogen and oxygen atoms in total. The summed E-state index contributed by atoms with van der Waals surface area (Å²) in [6.45, 7) is 4.75. The molecule has 0 aromatic carbocycles. The standard InChI is InChI=1S/C12H15F3N4/c1-7-5-19-6-8(2)18-11(19)10(17-7)4-16-9(3)12(13,14)15/h5-6,9,16H,4H2,1-3H3. The van der Waals surface area contributed by atoms with Crippen molar-refractivity contribution in [1.82, 2.24) is 19.7 Å². The van der Waals surface area contributed by atoms with Crippen molar-refractivity contribution in [1.29, 1.82) is 0 Å². The van der Waals surface area contributed by atoms with Gasteiger partial charge in [-0.3, -0.25) is 4.98 Å². The minimum Gasteiger partial charge on any atom is -0.303 e. The first-order chi connectivity index (χ1) is 8.77. The van der Waals surface area contributed by atoms with E-state index >= 15 is 0 Å². The van der Waals surface area contributed by atoms with Gasteiger partial charge in [-0.05, 0) is 20.8 Å². The molecule has 19 heavy (non-hydrogen) atoms. The normalized spacial score (nSPS) is 14.0. The zero-order valence-electron chi connectivity index (χ0n) is 10.9. The van der Waals surface area contributed by atoms with Gasteiger partial charge in [0, 0.05) is 18.9 Å².